The number of amides is 1. The van der Waals surface area contributed by atoms with Gasteiger partial charge in [-0.25, -0.2) is 4.98 Å². The summed E-state index contributed by atoms with van der Waals surface area (Å²) in [5.41, 5.74) is 1.87. The van der Waals surface area contributed by atoms with E-state index in [1.165, 1.54) is 11.3 Å². The van der Waals surface area contributed by atoms with Crippen LogP contribution < -0.4 is 5.32 Å². The van der Waals surface area contributed by atoms with Crippen LogP contribution in [0, 0.1) is 0 Å². The smallest absolute Gasteiger partial charge is 0.242 e. The van der Waals surface area contributed by atoms with Crippen LogP contribution in [0.2, 0.25) is 0 Å². The molecule has 1 aliphatic rings. The first-order valence-electron chi connectivity index (χ1n) is 7.28. The number of pyridine rings is 1. The van der Waals surface area contributed by atoms with Crippen LogP contribution in [-0.2, 0) is 4.79 Å². The SMILES string of the molecule is CN1CCN(C(=O)CNc2nc(-c3cccnc3)cs2)CC1. The number of piperazine rings is 1. The standard InChI is InChI=1S/C15H19N5OS/c1-19-5-7-20(8-6-19)14(21)10-17-15-18-13(11-22-15)12-3-2-4-16-9-12/h2-4,9,11H,5-8,10H2,1H3,(H,17,18). The third-order valence-electron chi connectivity index (χ3n) is 3.71. The Bertz CT molecular complexity index is 622. The molecule has 2 aromatic heterocycles. The van der Waals surface area contributed by atoms with Crippen LogP contribution in [0.25, 0.3) is 11.3 Å². The molecule has 22 heavy (non-hydrogen) atoms. The highest BCUT2D eigenvalue weighted by molar-refractivity contribution is 7.14. The average Bonchev–Trinajstić information content (AvgIpc) is 3.03. The highest BCUT2D eigenvalue weighted by Gasteiger charge is 2.18. The van der Waals surface area contributed by atoms with Crippen LogP contribution >= 0.6 is 11.3 Å². The molecule has 116 valence electrons. The van der Waals surface area contributed by atoms with Crippen LogP contribution in [0.15, 0.2) is 29.9 Å². The van der Waals surface area contributed by atoms with Crippen molar-refractivity contribution in [1.29, 1.82) is 0 Å². The highest BCUT2D eigenvalue weighted by Crippen LogP contribution is 2.23. The molecule has 2 aromatic rings. The number of carbonyl (C=O) groups is 1. The zero-order valence-electron chi connectivity index (χ0n) is 12.5. The first-order chi connectivity index (χ1) is 10.7. The van der Waals surface area contributed by atoms with Crippen molar-refractivity contribution in [1.82, 2.24) is 19.8 Å². The minimum Gasteiger partial charge on any atom is -0.352 e. The summed E-state index contributed by atoms with van der Waals surface area (Å²) in [5.74, 6) is 0.131. The van der Waals surface area contributed by atoms with Crippen molar-refractivity contribution in [3.63, 3.8) is 0 Å². The van der Waals surface area contributed by atoms with Gasteiger partial charge in [-0.3, -0.25) is 9.78 Å². The molecule has 0 spiro atoms. The Morgan fingerprint density at radius 1 is 1.36 bits per heavy atom. The van der Waals surface area contributed by atoms with Gasteiger partial charge in [0.15, 0.2) is 5.13 Å². The number of rotatable bonds is 4. The summed E-state index contributed by atoms with van der Waals surface area (Å²) in [6.07, 6.45) is 3.53. The fourth-order valence-corrected chi connectivity index (χ4v) is 3.04. The monoisotopic (exact) mass is 317 g/mol. The molecule has 0 saturated carbocycles. The van der Waals surface area contributed by atoms with Crippen molar-refractivity contribution < 1.29 is 4.79 Å². The van der Waals surface area contributed by atoms with Crippen LogP contribution in [0.3, 0.4) is 0 Å². The maximum atomic E-state index is 12.2. The molecule has 3 rings (SSSR count). The van der Waals surface area contributed by atoms with E-state index in [9.17, 15) is 4.79 Å². The maximum absolute atomic E-state index is 12.2. The minimum absolute atomic E-state index is 0.131. The fraction of sp³-hybridized carbons (Fsp3) is 0.400. The zero-order chi connectivity index (χ0) is 15.4. The molecule has 1 aliphatic heterocycles. The van der Waals surface area contributed by atoms with Gasteiger partial charge >= 0.3 is 0 Å². The second kappa shape index (κ2) is 6.85. The van der Waals surface area contributed by atoms with E-state index in [1.807, 2.05) is 22.4 Å². The summed E-state index contributed by atoms with van der Waals surface area (Å²) < 4.78 is 0. The van der Waals surface area contributed by atoms with Crippen molar-refractivity contribution in [2.45, 2.75) is 0 Å². The number of nitrogens with one attached hydrogen (secondary N) is 1. The first kappa shape index (κ1) is 14.9. The Balaban J connectivity index is 1.54. The maximum Gasteiger partial charge on any atom is 0.242 e. The van der Waals surface area contributed by atoms with Gasteiger partial charge < -0.3 is 15.1 Å². The quantitative estimate of drug-likeness (QED) is 0.923. The molecular formula is C15H19N5OS. The van der Waals surface area contributed by atoms with Gasteiger partial charge in [0.25, 0.3) is 0 Å². The van der Waals surface area contributed by atoms with E-state index in [0.717, 1.165) is 42.6 Å². The minimum atomic E-state index is 0.131. The Morgan fingerprint density at radius 3 is 2.91 bits per heavy atom. The number of hydrogen-bond acceptors (Lipinski definition) is 6. The predicted octanol–water partition coefficient (Wildman–Crippen LogP) is 1.39. The second-order valence-electron chi connectivity index (χ2n) is 5.32. The van der Waals surface area contributed by atoms with Crippen LogP contribution in [0.4, 0.5) is 5.13 Å². The molecule has 3 heterocycles. The van der Waals surface area contributed by atoms with E-state index >= 15 is 0 Å². The van der Waals surface area contributed by atoms with Crippen molar-refractivity contribution in [3.8, 4) is 11.3 Å². The third kappa shape index (κ3) is 3.61. The molecular weight excluding hydrogens is 298 g/mol. The van der Waals surface area contributed by atoms with E-state index < -0.39 is 0 Å². The molecule has 0 aliphatic carbocycles. The molecule has 1 fully saturated rings. The van der Waals surface area contributed by atoms with Gasteiger partial charge in [-0.05, 0) is 19.2 Å². The number of anilines is 1. The largest absolute Gasteiger partial charge is 0.352 e. The molecule has 0 unspecified atom stereocenters. The van der Waals surface area contributed by atoms with Crippen molar-refractivity contribution in [2.75, 3.05) is 45.1 Å². The fourth-order valence-electron chi connectivity index (χ4n) is 2.32. The number of carbonyl (C=O) groups excluding carboxylic acids is 1. The van der Waals surface area contributed by atoms with Gasteiger partial charge in [-0.15, -0.1) is 11.3 Å². The van der Waals surface area contributed by atoms with E-state index in [1.54, 1.807) is 12.4 Å². The highest BCUT2D eigenvalue weighted by atomic mass is 32.1. The predicted molar refractivity (Wildman–Crippen MR) is 87.9 cm³/mol. The number of hydrogen-bond donors (Lipinski definition) is 1. The Labute approximate surface area is 133 Å². The molecule has 0 radical (unpaired) electrons. The molecule has 1 N–H and O–H groups in total. The summed E-state index contributed by atoms with van der Waals surface area (Å²) in [6, 6.07) is 3.86. The summed E-state index contributed by atoms with van der Waals surface area (Å²) in [6.45, 7) is 3.78. The normalized spacial score (nSPS) is 15.8. The molecule has 0 aromatic carbocycles. The van der Waals surface area contributed by atoms with Crippen LogP contribution in [0.5, 0.6) is 0 Å². The summed E-state index contributed by atoms with van der Waals surface area (Å²) in [7, 11) is 2.08. The lowest BCUT2D eigenvalue weighted by atomic mass is 10.2. The lowest BCUT2D eigenvalue weighted by Crippen LogP contribution is -2.48. The molecule has 1 saturated heterocycles. The van der Waals surface area contributed by atoms with Gasteiger partial charge in [-0.1, -0.05) is 0 Å². The first-order valence-corrected chi connectivity index (χ1v) is 8.16. The third-order valence-corrected chi connectivity index (χ3v) is 4.51. The van der Waals surface area contributed by atoms with Crippen LogP contribution in [0.1, 0.15) is 0 Å². The molecule has 0 bridgehead atoms. The van der Waals surface area contributed by atoms with Gasteiger partial charge in [0.2, 0.25) is 5.91 Å². The average molecular weight is 317 g/mol. The van der Waals surface area contributed by atoms with Crippen molar-refractivity contribution in [2.24, 2.45) is 0 Å². The summed E-state index contributed by atoms with van der Waals surface area (Å²) in [5, 5.41) is 5.86. The molecule has 1 amide bonds. The second-order valence-corrected chi connectivity index (χ2v) is 6.18. The zero-order valence-corrected chi connectivity index (χ0v) is 13.3. The van der Waals surface area contributed by atoms with Crippen LogP contribution in [-0.4, -0.2) is 65.4 Å². The van der Waals surface area contributed by atoms with E-state index in [4.69, 9.17) is 0 Å². The van der Waals surface area contributed by atoms with Gasteiger partial charge in [0.1, 0.15) is 0 Å². The van der Waals surface area contributed by atoms with E-state index in [0.29, 0.717) is 6.54 Å². The number of likely N-dealkylation sites (N-methyl/N-ethyl adjacent to an activating group) is 1. The topological polar surface area (TPSA) is 61.4 Å². The molecule has 0 atom stereocenters. The van der Waals surface area contributed by atoms with E-state index in [-0.39, 0.29) is 5.91 Å². The lowest BCUT2D eigenvalue weighted by molar-refractivity contribution is -0.130. The molecule has 7 heteroatoms. The lowest BCUT2D eigenvalue weighted by Gasteiger charge is -2.32. The Hall–Kier alpha value is -1.99. The van der Waals surface area contributed by atoms with Crippen molar-refractivity contribution >= 4 is 22.4 Å². The van der Waals surface area contributed by atoms with Gasteiger partial charge in [-0.2, -0.15) is 0 Å². The number of aromatic nitrogens is 2. The van der Waals surface area contributed by atoms with Gasteiger partial charge in [0, 0.05) is 49.5 Å². The Morgan fingerprint density at radius 2 is 2.18 bits per heavy atom. The Kier molecular flexibility index (Phi) is 4.65. The summed E-state index contributed by atoms with van der Waals surface area (Å²) >= 11 is 1.50. The van der Waals surface area contributed by atoms with Crippen molar-refractivity contribution in [3.05, 3.63) is 29.9 Å². The molecule has 6 nitrogen and oxygen atoms in total. The summed E-state index contributed by atoms with van der Waals surface area (Å²) in [4.78, 5) is 24.9. The van der Waals surface area contributed by atoms with E-state index in [2.05, 4.69) is 27.2 Å². The number of nitrogens with zero attached hydrogens (tertiary/aromatic N) is 4. The van der Waals surface area contributed by atoms with Gasteiger partial charge in [0.05, 0.1) is 12.2 Å². The number of thiazole rings is 1.